The van der Waals surface area contributed by atoms with Crippen molar-refractivity contribution < 1.29 is 4.52 Å². The molecule has 0 fully saturated rings. The predicted molar refractivity (Wildman–Crippen MR) is 98.9 cm³/mol. The molecule has 0 bridgehead atoms. The standard InChI is InChI=1S/C18H14IOP/c19-15-8-7-9-16(14-15)20-21(17-10-3-1-4-11-17)18-12-5-2-6-13-18/h1-14H. The van der Waals surface area contributed by atoms with Gasteiger partial charge in [0.05, 0.1) is 0 Å². The Morgan fingerprint density at radius 2 is 1.24 bits per heavy atom. The Hall–Kier alpha value is -1.38. The molecule has 104 valence electrons. The van der Waals surface area contributed by atoms with Gasteiger partial charge in [0.2, 0.25) is 0 Å². The van der Waals surface area contributed by atoms with Crippen LogP contribution in [0.3, 0.4) is 0 Å². The van der Waals surface area contributed by atoms with E-state index in [-0.39, 0.29) is 0 Å². The van der Waals surface area contributed by atoms with Crippen molar-refractivity contribution in [3.8, 4) is 5.75 Å². The van der Waals surface area contributed by atoms with Gasteiger partial charge in [-0.3, -0.25) is 0 Å². The molecule has 0 heterocycles. The average Bonchev–Trinajstić information content (AvgIpc) is 2.54. The van der Waals surface area contributed by atoms with Crippen LogP contribution in [0.4, 0.5) is 0 Å². The first kappa shape index (κ1) is 14.6. The second kappa shape index (κ2) is 7.06. The summed E-state index contributed by atoms with van der Waals surface area (Å²) in [6.07, 6.45) is 0. The lowest BCUT2D eigenvalue weighted by Crippen LogP contribution is -2.15. The second-order valence-corrected chi connectivity index (χ2v) is 7.56. The molecule has 21 heavy (non-hydrogen) atoms. The lowest BCUT2D eigenvalue weighted by Gasteiger charge is -2.19. The molecule has 0 atom stereocenters. The van der Waals surface area contributed by atoms with E-state index in [9.17, 15) is 0 Å². The largest absolute Gasteiger partial charge is 0.464 e. The van der Waals surface area contributed by atoms with Crippen molar-refractivity contribution in [1.29, 1.82) is 0 Å². The van der Waals surface area contributed by atoms with E-state index < -0.39 is 8.15 Å². The summed E-state index contributed by atoms with van der Waals surface area (Å²) in [4.78, 5) is 0. The maximum absolute atomic E-state index is 6.33. The molecule has 0 amide bonds. The number of hydrogen-bond donors (Lipinski definition) is 0. The molecule has 0 saturated carbocycles. The Morgan fingerprint density at radius 1 is 0.667 bits per heavy atom. The summed E-state index contributed by atoms with van der Waals surface area (Å²) in [5, 5.41) is 2.44. The Kier molecular flexibility index (Phi) is 4.89. The van der Waals surface area contributed by atoms with Gasteiger partial charge in [0.1, 0.15) is 5.75 Å². The smallest absolute Gasteiger partial charge is 0.150 e. The molecule has 0 N–H and O–H groups in total. The summed E-state index contributed by atoms with van der Waals surface area (Å²) >= 11 is 2.31. The summed E-state index contributed by atoms with van der Waals surface area (Å²) in [5.74, 6) is 0.917. The molecule has 0 aromatic heterocycles. The zero-order valence-corrected chi connectivity index (χ0v) is 14.4. The van der Waals surface area contributed by atoms with Crippen LogP contribution < -0.4 is 15.1 Å². The number of halogens is 1. The van der Waals surface area contributed by atoms with Crippen LogP contribution in [0.15, 0.2) is 84.9 Å². The summed E-state index contributed by atoms with van der Waals surface area (Å²) in [5.41, 5.74) is 0. The minimum absolute atomic E-state index is 0.843. The summed E-state index contributed by atoms with van der Waals surface area (Å²) < 4.78 is 7.51. The molecule has 0 unspecified atom stereocenters. The average molecular weight is 404 g/mol. The van der Waals surface area contributed by atoms with E-state index in [0.29, 0.717) is 0 Å². The van der Waals surface area contributed by atoms with Gasteiger partial charge < -0.3 is 4.52 Å². The van der Waals surface area contributed by atoms with E-state index in [0.717, 1.165) is 5.75 Å². The highest BCUT2D eigenvalue weighted by Gasteiger charge is 2.16. The minimum Gasteiger partial charge on any atom is -0.464 e. The SMILES string of the molecule is Ic1cccc(OP(c2ccccc2)c2ccccc2)c1. The zero-order chi connectivity index (χ0) is 14.5. The summed E-state index contributed by atoms with van der Waals surface area (Å²) in [7, 11) is -0.843. The van der Waals surface area contributed by atoms with Crippen molar-refractivity contribution in [2.75, 3.05) is 0 Å². The van der Waals surface area contributed by atoms with Gasteiger partial charge in [-0.25, -0.2) is 0 Å². The van der Waals surface area contributed by atoms with E-state index in [4.69, 9.17) is 4.52 Å². The van der Waals surface area contributed by atoms with Gasteiger partial charge in [-0.05, 0) is 40.8 Å². The molecule has 3 aromatic rings. The van der Waals surface area contributed by atoms with Gasteiger partial charge in [-0.15, -0.1) is 0 Å². The number of hydrogen-bond acceptors (Lipinski definition) is 1. The predicted octanol–water partition coefficient (Wildman–Crippen LogP) is 4.72. The molecular formula is C18H14IOP. The van der Waals surface area contributed by atoms with E-state index in [1.807, 2.05) is 24.3 Å². The fourth-order valence-corrected chi connectivity index (χ4v) is 4.24. The molecule has 0 spiro atoms. The van der Waals surface area contributed by atoms with Crippen molar-refractivity contribution in [1.82, 2.24) is 0 Å². The van der Waals surface area contributed by atoms with Crippen molar-refractivity contribution in [3.05, 3.63) is 88.5 Å². The molecule has 0 aliphatic carbocycles. The summed E-state index contributed by atoms with van der Waals surface area (Å²) in [6, 6.07) is 29.0. The first-order valence-electron chi connectivity index (χ1n) is 6.67. The Labute approximate surface area is 140 Å². The highest BCUT2D eigenvalue weighted by molar-refractivity contribution is 14.1. The van der Waals surface area contributed by atoms with Gasteiger partial charge in [-0.2, -0.15) is 0 Å². The topological polar surface area (TPSA) is 9.23 Å². The molecule has 0 aliphatic rings. The quantitative estimate of drug-likeness (QED) is 0.452. The fraction of sp³-hybridized carbons (Fsp3) is 0. The van der Waals surface area contributed by atoms with Gasteiger partial charge in [-0.1, -0.05) is 66.7 Å². The molecule has 0 aliphatic heterocycles. The summed E-state index contributed by atoms with van der Waals surface area (Å²) in [6.45, 7) is 0. The van der Waals surface area contributed by atoms with Crippen LogP contribution in [-0.4, -0.2) is 0 Å². The van der Waals surface area contributed by atoms with Crippen LogP contribution in [0.25, 0.3) is 0 Å². The van der Waals surface area contributed by atoms with Crippen molar-refractivity contribution in [2.45, 2.75) is 0 Å². The molecule has 3 heteroatoms. The van der Waals surface area contributed by atoms with Gasteiger partial charge in [0.15, 0.2) is 8.15 Å². The lowest BCUT2D eigenvalue weighted by molar-refractivity contribution is 0.629. The maximum Gasteiger partial charge on any atom is 0.150 e. The molecule has 3 aromatic carbocycles. The van der Waals surface area contributed by atoms with Crippen LogP contribution in [0.2, 0.25) is 0 Å². The van der Waals surface area contributed by atoms with Crippen LogP contribution in [0.5, 0.6) is 5.75 Å². The van der Waals surface area contributed by atoms with Crippen molar-refractivity contribution in [2.24, 2.45) is 0 Å². The van der Waals surface area contributed by atoms with Gasteiger partial charge >= 0.3 is 0 Å². The minimum atomic E-state index is -0.843. The van der Waals surface area contributed by atoms with Gasteiger partial charge in [0, 0.05) is 14.2 Å². The zero-order valence-electron chi connectivity index (χ0n) is 11.3. The number of rotatable bonds is 4. The Bertz CT molecular complexity index is 661. The van der Waals surface area contributed by atoms with Gasteiger partial charge in [0.25, 0.3) is 0 Å². The third kappa shape index (κ3) is 3.84. The Morgan fingerprint density at radius 3 is 1.76 bits per heavy atom. The molecule has 0 radical (unpaired) electrons. The molecule has 3 rings (SSSR count). The highest BCUT2D eigenvalue weighted by atomic mass is 127. The highest BCUT2D eigenvalue weighted by Crippen LogP contribution is 2.36. The van der Waals surface area contributed by atoms with E-state index >= 15 is 0 Å². The third-order valence-electron chi connectivity index (χ3n) is 2.97. The maximum atomic E-state index is 6.33. The third-order valence-corrected chi connectivity index (χ3v) is 5.57. The first-order chi connectivity index (χ1) is 10.3. The molecule has 0 saturated heterocycles. The molecule has 1 nitrogen and oxygen atoms in total. The van der Waals surface area contributed by atoms with Crippen LogP contribution in [-0.2, 0) is 0 Å². The van der Waals surface area contributed by atoms with E-state index in [1.165, 1.54) is 14.2 Å². The Balaban J connectivity index is 1.97. The monoisotopic (exact) mass is 404 g/mol. The number of benzene rings is 3. The lowest BCUT2D eigenvalue weighted by atomic mass is 10.3. The van der Waals surface area contributed by atoms with Crippen molar-refractivity contribution in [3.63, 3.8) is 0 Å². The normalized spacial score (nSPS) is 10.6. The van der Waals surface area contributed by atoms with Crippen molar-refractivity contribution >= 4 is 41.3 Å². The molecular weight excluding hydrogens is 390 g/mol. The van der Waals surface area contributed by atoms with Crippen LogP contribution >= 0.6 is 30.7 Å². The first-order valence-corrected chi connectivity index (χ1v) is 9.00. The van der Waals surface area contributed by atoms with E-state index in [1.54, 1.807) is 0 Å². The van der Waals surface area contributed by atoms with E-state index in [2.05, 4.69) is 83.3 Å². The fourth-order valence-electron chi connectivity index (χ4n) is 2.01. The van der Waals surface area contributed by atoms with Crippen LogP contribution in [0.1, 0.15) is 0 Å². The second-order valence-electron chi connectivity index (χ2n) is 4.51. The van der Waals surface area contributed by atoms with Crippen LogP contribution in [0, 0.1) is 3.57 Å².